The largest absolute Gasteiger partial charge is 0.368 e. The number of benzene rings is 1. The Morgan fingerprint density at radius 1 is 1.14 bits per heavy atom. The molecule has 1 saturated heterocycles. The summed E-state index contributed by atoms with van der Waals surface area (Å²) in [5, 5.41) is 2.94. The molecule has 0 atom stereocenters. The zero-order valence-electron chi connectivity index (χ0n) is 19.2. The summed E-state index contributed by atoms with van der Waals surface area (Å²) in [5.41, 5.74) is 2.03. The summed E-state index contributed by atoms with van der Waals surface area (Å²) in [6.45, 7) is 2.24. The number of sulfonamides is 1. The second kappa shape index (κ2) is 9.96. The SMILES string of the molecule is Cc1sc(C(=O)Nc2cc(Cl)cc(NS(C)(=O)=O)c2)cc1-c1ncc(F)cc1N1CCS(=O)(=O)CC1. The topological polar surface area (TPSA) is 126 Å². The summed E-state index contributed by atoms with van der Waals surface area (Å²) in [6, 6.07) is 7.30. The Morgan fingerprint density at radius 2 is 1.81 bits per heavy atom. The Hall–Kier alpha value is -2.74. The van der Waals surface area contributed by atoms with Crippen LogP contribution in [0.4, 0.5) is 21.5 Å². The van der Waals surface area contributed by atoms with Crippen LogP contribution in [0.15, 0.2) is 36.5 Å². The quantitative estimate of drug-likeness (QED) is 0.460. The van der Waals surface area contributed by atoms with Gasteiger partial charge >= 0.3 is 0 Å². The molecule has 1 aromatic carbocycles. The van der Waals surface area contributed by atoms with E-state index in [0.717, 1.165) is 17.3 Å². The van der Waals surface area contributed by atoms with Crippen LogP contribution in [-0.4, -0.2) is 58.6 Å². The minimum atomic E-state index is -3.54. The van der Waals surface area contributed by atoms with Gasteiger partial charge in [0.25, 0.3) is 5.91 Å². The molecule has 1 aliphatic heterocycles. The number of aryl methyl sites for hydroxylation is 1. The van der Waals surface area contributed by atoms with Gasteiger partial charge in [-0.2, -0.15) is 0 Å². The fourth-order valence-corrected chi connectivity index (χ4v) is 6.69. The van der Waals surface area contributed by atoms with E-state index in [4.69, 9.17) is 11.6 Å². The van der Waals surface area contributed by atoms with Crippen molar-refractivity contribution in [1.82, 2.24) is 4.98 Å². The summed E-state index contributed by atoms with van der Waals surface area (Å²) in [5.74, 6) is -1.06. The van der Waals surface area contributed by atoms with Crippen molar-refractivity contribution in [2.75, 3.05) is 45.8 Å². The zero-order chi connectivity index (χ0) is 26.3. The molecule has 3 aromatic rings. The van der Waals surface area contributed by atoms with Crippen LogP contribution in [0.1, 0.15) is 14.5 Å². The molecule has 0 spiro atoms. The molecule has 0 radical (unpaired) electrons. The lowest BCUT2D eigenvalue weighted by Gasteiger charge is -2.30. The van der Waals surface area contributed by atoms with Gasteiger partial charge in [0.05, 0.1) is 45.9 Å². The van der Waals surface area contributed by atoms with Crippen molar-refractivity contribution in [3.8, 4) is 11.3 Å². The fraction of sp³-hybridized carbons (Fsp3) is 0.273. The lowest BCUT2D eigenvalue weighted by molar-refractivity contribution is 0.103. The van der Waals surface area contributed by atoms with E-state index in [9.17, 15) is 26.0 Å². The average molecular weight is 573 g/mol. The third-order valence-electron chi connectivity index (χ3n) is 5.37. The lowest BCUT2D eigenvalue weighted by atomic mass is 10.1. The second-order valence-electron chi connectivity index (χ2n) is 8.30. The molecule has 14 heteroatoms. The summed E-state index contributed by atoms with van der Waals surface area (Å²) >= 11 is 7.28. The maximum Gasteiger partial charge on any atom is 0.265 e. The van der Waals surface area contributed by atoms with Gasteiger partial charge < -0.3 is 10.2 Å². The van der Waals surface area contributed by atoms with Crippen molar-refractivity contribution in [3.63, 3.8) is 0 Å². The van der Waals surface area contributed by atoms with Crippen molar-refractivity contribution in [2.24, 2.45) is 0 Å². The number of hydrogen-bond acceptors (Lipinski definition) is 8. The van der Waals surface area contributed by atoms with Crippen LogP contribution in [0, 0.1) is 12.7 Å². The number of nitrogens with one attached hydrogen (secondary N) is 2. The highest BCUT2D eigenvalue weighted by molar-refractivity contribution is 7.92. The number of halogens is 2. The first-order valence-electron chi connectivity index (χ1n) is 10.6. The standard InChI is InChI=1S/C22H22ClFN4O5S3/c1-13-18(21-19(9-15(24)12-25-21)28-3-5-36(32,33)6-4-28)11-20(34-13)22(29)26-16-7-14(23)8-17(10-16)27-35(2,30)31/h7-12,27H,3-6H2,1-2H3,(H,26,29). The minimum absolute atomic E-state index is 0.0327. The van der Waals surface area contributed by atoms with Crippen LogP contribution < -0.4 is 14.9 Å². The Balaban J connectivity index is 1.62. The number of sulfone groups is 1. The van der Waals surface area contributed by atoms with Gasteiger partial charge in [-0.15, -0.1) is 11.3 Å². The van der Waals surface area contributed by atoms with Crippen LogP contribution in [0.5, 0.6) is 0 Å². The van der Waals surface area contributed by atoms with E-state index in [-0.39, 0.29) is 35.3 Å². The van der Waals surface area contributed by atoms with Crippen molar-refractivity contribution < 1.29 is 26.0 Å². The van der Waals surface area contributed by atoms with E-state index < -0.39 is 31.6 Å². The minimum Gasteiger partial charge on any atom is -0.368 e. The number of carbonyl (C=O) groups is 1. The van der Waals surface area contributed by atoms with Gasteiger partial charge in [-0.3, -0.25) is 14.5 Å². The number of pyridine rings is 1. The number of amides is 1. The first-order valence-corrected chi connectivity index (χ1v) is 15.5. The molecule has 4 rings (SSSR count). The van der Waals surface area contributed by atoms with Crippen LogP contribution in [0.3, 0.4) is 0 Å². The highest BCUT2D eigenvalue weighted by atomic mass is 35.5. The Morgan fingerprint density at radius 3 is 2.47 bits per heavy atom. The summed E-state index contributed by atoms with van der Waals surface area (Å²) in [7, 11) is -6.66. The molecule has 0 saturated carbocycles. The third-order valence-corrected chi connectivity index (χ3v) is 8.86. The predicted octanol–water partition coefficient (Wildman–Crippen LogP) is 3.77. The molecule has 0 aliphatic carbocycles. The normalized spacial score (nSPS) is 15.5. The molecule has 1 amide bonds. The van der Waals surface area contributed by atoms with Crippen LogP contribution in [0.2, 0.25) is 5.02 Å². The van der Waals surface area contributed by atoms with Gasteiger partial charge in [-0.1, -0.05) is 11.6 Å². The van der Waals surface area contributed by atoms with Gasteiger partial charge in [0.1, 0.15) is 5.82 Å². The van der Waals surface area contributed by atoms with Gasteiger partial charge in [0, 0.05) is 40.3 Å². The maximum atomic E-state index is 14.1. The molecule has 0 bridgehead atoms. The van der Waals surface area contributed by atoms with Crippen LogP contribution in [-0.2, 0) is 19.9 Å². The first-order chi connectivity index (χ1) is 16.8. The van der Waals surface area contributed by atoms with E-state index in [0.29, 0.717) is 27.5 Å². The molecule has 192 valence electrons. The van der Waals surface area contributed by atoms with Crippen molar-refractivity contribution in [3.05, 3.63) is 57.1 Å². The van der Waals surface area contributed by atoms with E-state index in [1.54, 1.807) is 17.9 Å². The second-order valence-corrected chi connectivity index (χ2v) is 14.0. The van der Waals surface area contributed by atoms with E-state index >= 15 is 0 Å². The molecule has 3 heterocycles. The number of carbonyl (C=O) groups excluding carboxylic acids is 1. The van der Waals surface area contributed by atoms with Crippen LogP contribution in [0.25, 0.3) is 11.3 Å². The summed E-state index contributed by atoms with van der Waals surface area (Å²) in [6.07, 6.45) is 2.08. The number of nitrogens with zero attached hydrogens (tertiary/aromatic N) is 2. The first kappa shape index (κ1) is 26.3. The molecule has 0 unspecified atom stereocenters. The summed E-state index contributed by atoms with van der Waals surface area (Å²) < 4.78 is 63.2. The molecule has 36 heavy (non-hydrogen) atoms. The van der Waals surface area contributed by atoms with Gasteiger partial charge in [0.2, 0.25) is 10.0 Å². The molecule has 1 fully saturated rings. The number of hydrogen-bond donors (Lipinski definition) is 2. The van der Waals surface area contributed by atoms with Gasteiger partial charge in [-0.25, -0.2) is 21.2 Å². The predicted molar refractivity (Wildman–Crippen MR) is 141 cm³/mol. The molecular formula is C22H22ClFN4O5S3. The van der Waals surface area contributed by atoms with Crippen molar-refractivity contribution in [2.45, 2.75) is 6.92 Å². The highest BCUT2D eigenvalue weighted by Gasteiger charge is 2.26. The van der Waals surface area contributed by atoms with Crippen molar-refractivity contribution >= 4 is 65.8 Å². The third kappa shape index (κ3) is 6.33. The summed E-state index contributed by atoms with van der Waals surface area (Å²) in [4.78, 5) is 20.1. The maximum absolute atomic E-state index is 14.1. The highest BCUT2D eigenvalue weighted by Crippen LogP contribution is 2.37. The number of thiophene rings is 1. The molecule has 9 nitrogen and oxygen atoms in total. The molecule has 2 N–H and O–H groups in total. The zero-order valence-corrected chi connectivity index (χ0v) is 22.4. The average Bonchev–Trinajstić information content (AvgIpc) is 3.13. The number of rotatable bonds is 6. The van der Waals surface area contributed by atoms with Gasteiger partial charge in [0.15, 0.2) is 9.84 Å². The van der Waals surface area contributed by atoms with E-state index in [1.807, 2.05) is 0 Å². The van der Waals surface area contributed by atoms with Gasteiger partial charge in [-0.05, 0) is 31.2 Å². The molecule has 1 aliphatic rings. The lowest BCUT2D eigenvalue weighted by Crippen LogP contribution is -2.40. The molecular weight excluding hydrogens is 551 g/mol. The van der Waals surface area contributed by atoms with Crippen LogP contribution >= 0.6 is 22.9 Å². The molecule has 2 aromatic heterocycles. The monoisotopic (exact) mass is 572 g/mol. The van der Waals surface area contributed by atoms with E-state index in [2.05, 4.69) is 15.0 Å². The smallest absolute Gasteiger partial charge is 0.265 e. The van der Waals surface area contributed by atoms with E-state index in [1.165, 1.54) is 35.6 Å². The fourth-order valence-electron chi connectivity index (χ4n) is 3.79. The number of anilines is 3. The Bertz CT molecular complexity index is 1540. The van der Waals surface area contributed by atoms with Crippen molar-refractivity contribution in [1.29, 1.82) is 0 Å². The number of aromatic nitrogens is 1. The Kier molecular flexibility index (Phi) is 7.28. The Labute approximate surface area is 217 Å².